The molecule has 0 aromatic heterocycles. The molecule has 0 bridgehead atoms. The molecule has 18 heavy (non-hydrogen) atoms. The van der Waals surface area contributed by atoms with Crippen LogP contribution in [0.2, 0.25) is 0 Å². The Morgan fingerprint density at radius 3 is 2.61 bits per heavy atom. The van der Waals surface area contributed by atoms with Gasteiger partial charge in [0.15, 0.2) is 0 Å². The van der Waals surface area contributed by atoms with Crippen molar-refractivity contribution in [1.82, 2.24) is 4.90 Å². The van der Waals surface area contributed by atoms with E-state index in [4.69, 9.17) is 5.73 Å². The number of nitrogens with two attached hydrogens (primary N) is 1. The van der Waals surface area contributed by atoms with Crippen molar-refractivity contribution in [3.05, 3.63) is 29.8 Å². The second-order valence-electron chi connectivity index (χ2n) is 4.95. The summed E-state index contributed by atoms with van der Waals surface area (Å²) < 4.78 is 0. The van der Waals surface area contributed by atoms with E-state index >= 15 is 0 Å². The molecule has 4 heteroatoms. The molecule has 1 heterocycles. The summed E-state index contributed by atoms with van der Waals surface area (Å²) in [6.07, 6.45) is 2.01. The SMILES string of the molecule is CN(C)C(=O)C1CCCN1c1ccc(CN)cc1. The Morgan fingerprint density at radius 2 is 2.06 bits per heavy atom. The topological polar surface area (TPSA) is 49.6 Å². The van der Waals surface area contributed by atoms with E-state index in [1.165, 1.54) is 0 Å². The molecule has 0 spiro atoms. The first-order chi connectivity index (χ1) is 8.63. The molecule has 4 nitrogen and oxygen atoms in total. The lowest BCUT2D eigenvalue weighted by atomic mass is 10.1. The molecule has 1 amide bonds. The molecule has 1 aliphatic rings. The van der Waals surface area contributed by atoms with Crippen LogP contribution in [0.3, 0.4) is 0 Å². The Labute approximate surface area is 108 Å². The molecule has 2 N–H and O–H groups in total. The van der Waals surface area contributed by atoms with E-state index in [2.05, 4.69) is 17.0 Å². The lowest BCUT2D eigenvalue weighted by Gasteiger charge is -2.28. The maximum Gasteiger partial charge on any atom is 0.244 e. The highest BCUT2D eigenvalue weighted by atomic mass is 16.2. The van der Waals surface area contributed by atoms with Gasteiger partial charge in [-0.1, -0.05) is 12.1 Å². The van der Waals surface area contributed by atoms with Gasteiger partial charge in [-0.05, 0) is 30.5 Å². The van der Waals surface area contributed by atoms with Crippen LogP contribution >= 0.6 is 0 Å². The summed E-state index contributed by atoms with van der Waals surface area (Å²) in [5.41, 5.74) is 7.83. The van der Waals surface area contributed by atoms with Crippen LogP contribution in [0.1, 0.15) is 18.4 Å². The van der Waals surface area contributed by atoms with Gasteiger partial charge in [0.1, 0.15) is 6.04 Å². The summed E-state index contributed by atoms with van der Waals surface area (Å²) in [6.45, 7) is 1.51. The van der Waals surface area contributed by atoms with Gasteiger partial charge < -0.3 is 15.5 Å². The van der Waals surface area contributed by atoms with Crippen LogP contribution in [0.5, 0.6) is 0 Å². The fourth-order valence-corrected chi connectivity index (χ4v) is 2.45. The van der Waals surface area contributed by atoms with Crippen LogP contribution in [0, 0.1) is 0 Å². The Kier molecular flexibility index (Phi) is 3.87. The van der Waals surface area contributed by atoms with E-state index in [1.54, 1.807) is 4.90 Å². The van der Waals surface area contributed by atoms with Crippen molar-refractivity contribution in [2.75, 3.05) is 25.5 Å². The first-order valence-corrected chi connectivity index (χ1v) is 6.40. The number of likely N-dealkylation sites (N-methyl/N-ethyl adjacent to an activating group) is 1. The standard InChI is InChI=1S/C14H21N3O/c1-16(2)14(18)13-4-3-9-17(13)12-7-5-11(10-15)6-8-12/h5-8,13H,3-4,9-10,15H2,1-2H3. The van der Waals surface area contributed by atoms with Crippen LogP contribution < -0.4 is 10.6 Å². The number of benzene rings is 1. The van der Waals surface area contributed by atoms with Gasteiger partial charge in [0.25, 0.3) is 0 Å². The molecular formula is C14H21N3O. The van der Waals surface area contributed by atoms with Crippen LogP contribution in [0.25, 0.3) is 0 Å². The zero-order valence-corrected chi connectivity index (χ0v) is 11.1. The van der Waals surface area contributed by atoms with Crippen LogP contribution in [0.15, 0.2) is 24.3 Å². The maximum atomic E-state index is 12.1. The van der Waals surface area contributed by atoms with Gasteiger partial charge in [-0.25, -0.2) is 0 Å². The lowest BCUT2D eigenvalue weighted by molar-refractivity contribution is -0.129. The fourth-order valence-electron chi connectivity index (χ4n) is 2.45. The molecule has 1 atom stereocenters. The fraction of sp³-hybridized carbons (Fsp3) is 0.500. The Morgan fingerprint density at radius 1 is 1.39 bits per heavy atom. The number of amides is 1. The Balaban J connectivity index is 2.17. The third kappa shape index (κ3) is 2.48. The quantitative estimate of drug-likeness (QED) is 0.873. The predicted octanol–water partition coefficient (Wildman–Crippen LogP) is 1.20. The van der Waals surface area contributed by atoms with Crippen LogP contribution in [0.4, 0.5) is 5.69 Å². The van der Waals surface area contributed by atoms with Crippen LogP contribution in [-0.2, 0) is 11.3 Å². The average molecular weight is 247 g/mol. The molecule has 0 radical (unpaired) electrons. The number of anilines is 1. The number of carbonyl (C=O) groups excluding carboxylic acids is 1. The molecular weight excluding hydrogens is 226 g/mol. The van der Waals surface area contributed by atoms with Gasteiger partial charge in [0, 0.05) is 32.9 Å². The number of carbonyl (C=O) groups is 1. The lowest BCUT2D eigenvalue weighted by Crippen LogP contribution is -2.42. The molecule has 0 saturated carbocycles. The van der Waals surface area contributed by atoms with Crippen molar-refractivity contribution in [3.8, 4) is 0 Å². The second kappa shape index (κ2) is 5.40. The maximum absolute atomic E-state index is 12.1. The summed E-state index contributed by atoms with van der Waals surface area (Å²) in [4.78, 5) is 16.0. The molecule has 1 aliphatic heterocycles. The smallest absolute Gasteiger partial charge is 0.244 e. The number of rotatable bonds is 3. The van der Waals surface area contributed by atoms with E-state index in [-0.39, 0.29) is 11.9 Å². The third-order valence-electron chi connectivity index (χ3n) is 3.48. The van der Waals surface area contributed by atoms with E-state index in [1.807, 2.05) is 26.2 Å². The van der Waals surface area contributed by atoms with E-state index in [0.717, 1.165) is 30.6 Å². The summed E-state index contributed by atoms with van der Waals surface area (Å²) in [6, 6.07) is 8.17. The van der Waals surface area contributed by atoms with Gasteiger partial charge in [-0.2, -0.15) is 0 Å². The van der Waals surface area contributed by atoms with Gasteiger partial charge in [0.05, 0.1) is 0 Å². The Hall–Kier alpha value is -1.55. The van der Waals surface area contributed by atoms with Gasteiger partial charge in [0.2, 0.25) is 5.91 Å². The first-order valence-electron chi connectivity index (χ1n) is 6.40. The zero-order valence-electron chi connectivity index (χ0n) is 11.1. The molecule has 1 aromatic carbocycles. The third-order valence-corrected chi connectivity index (χ3v) is 3.48. The number of hydrogen-bond donors (Lipinski definition) is 1. The molecule has 1 aromatic rings. The van der Waals surface area contributed by atoms with E-state index in [0.29, 0.717) is 6.54 Å². The molecule has 2 rings (SSSR count). The zero-order chi connectivity index (χ0) is 13.1. The molecule has 98 valence electrons. The van der Waals surface area contributed by atoms with E-state index < -0.39 is 0 Å². The first kappa shape index (κ1) is 12.9. The average Bonchev–Trinajstić information content (AvgIpc) is 2.87. The highest BCUT2D eigenvalue weighted by molar-refractivity contribution is 5.85. The minimum atomic E-state index is -0.0104. The Bertz CT molecular complexity index is 414. The van der Waals surface area contributed by atoms with Crippen molar-refractivity contribution in [2.45, 2.75) is 25.4 Å². The molecule has 1 saturated heterocycles. The summed E-state index contributed by atoms with van der Waals surface area (Å²) in [5.74, 6) is 0.190. The number of hydrogen-bond acceptors (Lipinski definition) is 3. The summed E-state index contributed by atoms with van der Waals surface area (Å²) in [7, 11) is 3.63. The molecule has 0 aliphatic carbocycles. The van der Waals surface area contributed by atoms with E-state index in [9.17, 15) is 4.79 Å². The van der Waals surface area contributed by atoms with Crippen molar-refractivity contribution >= 4 is 11.6 Å². The van der Waals surface area contributed by atoms with Crippen molar-refractivity contribution in [1.29, 1.82) is 0 Å². The predicted molar refractivity (Wildman–Crippen MR) is 73.4 cm³/mol. The van der Waals surface area contributed by atoms with Crippen molar-refractivity contribution in [3.63, 3.8) is 0 Å². The van der Waals surface area contributed by atoms with Gasteiger partial charge >= 0.3 is 0 Å². The monoisotopic (exact) mass is 247 g/mol. The largest absolute Gasteiger partial charge is 0.360 e. The summed E-state index contributed by atoms with van der Waals surface area (Å²) >= 11 is 0. The highest BCUT2D eigenvalue weighted by Gasteiger charge is 2.31. The molecule has 1 fully saturated rings. The second-order valence-corrected chi connectivity index (χ2v) is 4.95. The van der Waals surface area contributed by atoms with Crippen molar-refractivity contribution in [2.24, 2.45) is 5.73 Å². The highest BCUT2D eigenvalue weighted by Crippen LogP contribution is 2.26. The minimum Gasteiger partial charge on any atom is -0.360 e. The van der Waals surface area contributed by atoms with Crippen molar-refractivity contribution < 1.29 is 4.79 Å². The minimum absolute atomic E-state index is 0.0104. The van der Waals surface area contributed by atoms with Crippen LogP contribution in [-0.4, -0.2) is 37.5 Å². The van der Waals surface area contributed by atoms with Gasteiger partial charge in [-0.3, -0.25) is 4.79 Å². The van der Waals surface area contributed by atoms with Gasteiger partial charge in [-0.15, -0.1) is 0 Å². The number of nitrogens with zero attached hydrogens (tertiary/aromatic N) is 2. The summed E-state index contributed by atoms with van der Waals surface area (Å²) in [5, 5.41) is 0. The molecule has 1 unspecified atom stereocenters. The normalized spacial score (nSPS) is 19.1.